The molecule has 1 atom stereocenters. The number of ether oxygens (including phenoxy) is 2. The van der Waals surface area contributed by atoms with Gasteiger partial charge in [0.15, 0.2) is 0 Å². The first-order chi connectivity index (χ1) is 8.12. The summed E-state index contributed by atoms with van der Waals surface area (Å²) in [6.07, 6.45) is 6.32. The van der Waals surface area contributed by atoms with Gasteiger partial charge in [0, 0.05) is 0 Å². The van der Waals surface area contributed by atoms with Crippen molar-refractivity contribution in [1.29, 1.82) is 0 Å². The Kier molecular flexibility index (Phi) is 5.92. The molecule has 0 saturated heterocycles. The van der Waals surface area contributed by atoms with Crippen LogP contribution in [0.15, 0.2) is 0 Å². The minimum atomic E-state index is -0.729. The zero-order valence-corrected chi connectivity index (χ0v) is 11.3. The van der Waals surface area contributed by atoms with E-state index in [0.717, 1.165) is 12.8 Å². The van der Waals surface area contributed by atoms with Gasteiger partial charge in [-0.25, -0.2) is 4.79 Å². The first-order valence-electron chi connectivity index (χ1n) is 6.60. The average molecular weight is 243 g/mol. The normalized spacial score (nSPS) is 20.9. The number of esters is 1. The van der Waals surface area contributed by atoms with Gasteiger partial charge < -0.3 is 14.8 Å². The smallest absolute Gasteiger partial charge is 0.328 e. The number of hydrogen-bond acceptors (Lipinski definition) is 4. The quantitative estimate of drug-likeness (QED) is 0.724. The van der Waals surface area contributed by atoms with Gasteiger partial charge in [-0.1, -0.05) is 19.3 Å². The van der Waals surface area contributed by atoms with Gasteiger partial charge in [-0.05, 0) is 33.7 Å². The molecule has 1 saturated carbocycles. The Hall–Kier alpha value is -0.610. The summed E-state index contributed by atoms with van der Waals surface area (Å²) in [6, 6.07) is 0. The van der Waals surface area contributed by atoms with Crippen molar-refractivity contribution in [3.05, 3.63) is 0 Å². The number of rotatable bonds is 6. The van der Waals surface area contributed by atoms with Crippen LogP contribution in [0.4, 0.5) is 0 Å². The Morgan fingerprint density at radius 2 is 2.00 bits per heavy atom. The highest BCUT2D eigenvalue weighted by Crippen LogP contribution is 2.21. The van der Waals surface area contributed by atoms with E-state index < -0.39 is 5.54 Å². The summed E-state index contributed by atoms with van der Waals surface area (Å²) in [5.74, 6) is -0.238. The van der Waals surface area contributed by atoms with E-state index >= 15 is 0 Å². The van der Waals surface area contributed by atoms with E-state index in [4.69, 9.17) is 9.47 Å². The van der Waals surface area contributed by atoms with Gasteiger partial charge in [0.25, 0.3) is 0 Å². The second-order valence-electron chi connectivity index (χ2n) is 4.87. The molecule has 4 nitrogen and oxygen atoms in total. The third kappa shape index (κ3) is 4.28. The van der Waals surface area contributed by atoms with Gasteiger partial charge in [-0.15, -0.1) is 0 Å². The average Bonchev–Trinajstić information content (AvgIpc) is 2.37. The van der Waals surface area contributed by atoms with Gasteiger partial charge >= 0.3 is 5.97 Å². The molecule has 0 aromatic rings. The molecule has 1 unspecified atom stereocenters. The number of carbonyl (C=O) groups is 1. The molecule has 1 rings (SSSR count). The van der Waals surface area contributed by atoms with Gasteiger partial charge in [0.05, 0.1) is 19.3 Å². The summed E-state index contributed by atoms with van der Waals surface area (Å²) in [5, 5.41) is 3.00. The van der Waals surface area contributed by atoms with Crippen LogP contribution in [0.2, 0.25) is 0 Å². The van der Waals surface area contributed by atoms with Crippen molar-refractivity contribution in [3.63, 3.8) is 0 Å². The monoisotopic (exact) mass is 243 g/mol. The summed E-state index contributed by atoms with van der Waals surface area (Å²) in [6.45, 7) is 4.43. The molecule has 0 heterocycles. The standard InChI is InChI=1S/C13H25NO3/c1-4-16-12(15)13(2,14-3)10-17-11-8-6-5-7-9-11/h11,14H,4-10H2,1-3H3. The zero-order chi connectivity index (χ0) is 12.7. The van der Waals surface area contributed by atoms with E-state index in [1.165, 1.54) is 19.3 Å². The topological polar surface area (TPSA) is 47.6 Å². The minimum absolute atomic E-state index is 0.238. The molecular formula is C13H25NO3. The molecular weight excluding hydrogens is 218 g/mol. The van der Waals surface area contributed by atoms with Crippen LogP contribution in [0.25, 0.3) is 0 Å². The van der Waals surface area contributed by atoms with Crippen LogP contribution in [0.1, 0.15) is 46.0 Å². The predicted octanol–water partition coefficient (Wildman–Crippen LogP) is 1.88. The zero-order valence-electron chi connectivity index (χ0n) is 11.3. The molecule has 0 aromatic carbocycles. The van der Waals surface area contributed by atoms with E-state index in [-0.39, 0.29) is 5.97 Å². The van der Waals surface area contributed by atoms with E-state index in [0.29, 0.717) is 19.3 Å². The highest BCUT2D eigenvalue weighted by atomic mass is 16.5. The second kappa shape index (κ2) is 6.97. The summed E-state index contributed by atoms with van der Waals surface area (Å²) in [4.78, 5) is 11.8. The molecule has 17 heavy (non-hydrogen) atoms. The SMILES string of the molecule is CCOC(=O)C(C)(COC1CCCCC1)NC. The van der Waals surface area contributed by atoms with Crippen molar-refractivity contribution in [2.24, 2.45) is 0 Å². The van der Waals surface area contributed by atoms with Gasteiger partial charge in [0.1, 0.15) is 5.54 Å². The van der Waals surface area contributed by atoms with Crippen molar-refractivity contribution in [2.45, 2.75) is 57.6 Å². The van der Waals surface area contributed by atoms with E-state index in [1.54, 1.807) is 7.05 Å². The fourth-order valence-electron chi connectivity index (χ4n) is 2.04. The maximum atomic E-state index is 11.8. The summed E-state index contributed by atoms with van der Waals surface area (Å²) in [5.41, 5.74) is -0.729. The van der Waals surface area contributed by atoms with Crippen LogP contribution in [-0.4, -0.2) is 37.9 Å². The lowest BCUT2D eigenvalue weighted by Crippen LogP contribution is -2.53. The first kappa shape index (κ1) is 14.5. The Morgan fingerprint density at radius 1 is 1.35 bits per heavy atom. The van der Waals surface area contributed by atoms with Gasteiger partial charge in [-0.2, -0.15) is 0 Å². The fourth-order valence-corrected chi connectivity index (χ4v) is 2.04. The van der Waals surface area contributed by atoms with Crippen LogP contribution >= 0.6 is 0 Å². The predicted molar refractivity (Wildman–Crippen MR) is 66.9 cm³/mol. The lowest BCUT2D eigenvalue weighted by Gasteiger charge is -2.30. The van der Waals surface area contributed by atoms with Crippen molar-refractivity contribution in [3.8, 4) is 0 Å². The van der Waals surface area contributed by atoms with Crippen molar-refractivity contribution in [1.82, 2.24) is 5.32 Å². The summed E-state index contributed by atoms with van der Waals surface area (Å²) < 4.78 is 10.9. The maximum absolute atomic E-state index is 11.8. The molecule has 100 valence electrons. The van der Waals surface area contributed by atoms with Crippen LogP contribution in [0, 0.1) is 0 Å². The molecule has 4 heteroatoms. The van der Waals surface area contributed by atoms with Gasteiger partial charge in [0.2, 0.25) is 0 Å². The molecule has 0 amide bonds. The number of hydrogen-bond donors (Lipinski definition) is 1. The Balaban J connectivity index is 2.41. The lowest BCUT2D eigenvalue weighted by molar-refractivity contribution is -0.154. The van der Waals surface area contributed by atoms with Crippen molar-refractivity contribution < 1.29 is 14.3 Å². The highest BCUT2D eigenvalue weighted by molar-refractivity contribution is 5.80. The molecule has 1 aliphatic rings. The molecule has 0 bridgehead atoms. The molecule has 1 N–H and O–H groups in total. The Morgan fingerprint density at radius 3 is 2.53 bits per heavy atom. The van der Waals surface area contributed by atoms with Crippen LogP contribution in [-0.2, 0) is 14.3 Å². The third-order valence-electron chi connectivity index (χ3n) is 3.44. The van der Waals surface area contributed by atoms with Crippen molar-refractivity contribution in [2.75, 3.05) is 20.3 Å². The first-order valence-corrected chi connectivity index (χ1v) is 6.60. The maximum Gasteiger partial charge on any atom is 0.328 e. The summed E-state index contributed by atoms with van der Waals surface area (Å²) in [7, 11) is 1.77. The van der Waals surface area contributed by atoms with Gasteiger partial charge in [-0.3, -0.25) is 0 Å². The molecule has 0 spiro atoms. The van der Waals surface area contributed by atoms with E-state index in [2.05, 4.69) is 5.32 Å². The van der Waals surface area contributed by atoms with Crippen LogP contribution < -0.4 is 5.32 Å². The fraction of sp³-hybridized carbons (Fsp3) is 0.923. The Bertz CT molecular complexity index is 239. The lowest BCUT2D eigenvalue weighted by atomic mass is 9.97. The highest BCUT2D eigenvalue weighted by Gasteiger charge is 2.34. The number of nitrogens with one attached hydrogen (secondary N) is 1. The molecule has 1 aliphatic carbocycles. The molecule has 0 aromatic heterocycles. The molecule has 1 fully saturated rings. The van der Waals surface area contributed by atoms with Crippen LogP contribution in [0.3, 0.4) is 0 Å². The third-order valence-corrected chi connectivity index (χ3v) is 3.44. The number of carbonyl (C=O) groups excluding carboxylic acids is 1. The summed E-state index contributed by atoms with van der Waals surface area (Å²) >= 11 is 0. The van der Waals surface area contributed by atoms with E-state index in [9.17, 15) is 4.79 Å². The van der Waals surface area contributed by atoms with Crippen molar-refractivity contribution >= 4 is 5.97 Å². The largest absolute Gasteiger partial charge is 0.465 e. The Labute approximate surface area is 104 Å². The minimum Gasteiger partial charge on any atom is -0.465 e. The second-order valence-corrected chi connectivity index (χ2v) is 4.87. The van der Waals surface area contributed by atoms with E-state index in [1.807, 2.05) is 13.8 Å². The number of likely N-dealkylation sites (N-methyl/N-ethyl adjacent to an activating group) is 1. The molecule has 0 radical (unpaired) electrons. The van der Waals surface area contributed by atoms with Crippen LogP contribution in [0.5, 0.6) is 0 Å². The molecule has 0 aliphatic heterocycles.